The van der Waals surface area contributed by atoms with Crippen molar-refractivity contribution in [1.82, 2.24) is 14.7 Å². The number of rotatable bonds is 4. The molecule has 10 heteroatoms. The molecule has 27 heavy (non-hydrogen) atoms. The van der Waals surface area contributed by atoms with Crippen LogP contribution in [0.3, 0.4) is 0 Å². The van der Waals surface area contributed by atoms with E-state index < -0.39 is 0 Å². The molecule has 3 rings (SSSR count). The van der Waals surface area contributed by atoms with Crippen molar-refractivity contribution in [3.05, 3.63) is 40.1 Å². The Morgan fingerprint density at radius 2 is 2.00 bits per heavy atom. The molecular formula is C17H19Cl2N5O2S. The van der Waals surface area contributed by atoms with Crippen molar-refractivity contribution in [1.29, 1.82) is 0 Å². The summed E-state index contributed by atoms with van der Waals surface area (Å²) in [5, 5.41) is 11.6. The molecule has 2 aromatic rings. The first-order valence-corrected chi connectivity index (χ1v) is 9.62. The number of morpholine rings is 1. The number of aromatic nitrogens is 2. The fourth-order valence-electron chi connectivity index (χ4n) is 2.72. The van der Waals surface area contributed by atoms with Gasteiger partial charge >= 0.3 is 0 Å². The van der Waals surface area contributed by atoms with Gasteiger partial charge in [0.2, 0.25) is 0 Å². The number of halogens is 2. The van der Waals surface area contributed by atoms with Crippen molar-refractivity contribution in [3.8, 4) is 0 Å². The first-order valence-electron chi connectivity index (χ1n) is 8.45. The maximum atomic E-state index is 13.0. The first-order chi connectivity index (χ1) is 13.0. The summed E-state index contributed by atoms with van der Waals surface area (Å²) in [5.41, 5.74) is 1.70. The SMILES string of the molecule is CCn1ncc(NC(=S)Nc2ccc(Cl)c(Cl)c2)c1C(=O)N1CCOCC1. The lowest BCUT2D eigenvalue weighted by atomic mass is 10.3. The van der Waals surface area contributed by atoms with Gasteiger partial charge < -0.3 is 20.3 Å². The third kappa shape index (κ3) is 4.70. The van der Waals surface area contributed by atoms with E-state index in [1.165, 1.54) is 0 Å². The molecule has 1 aliphatic rings. The zero-order valence-corrected chi connectivity index (χ0v) is 17.0. The summed E-state index contributed by atoms with van der Waals surface area (Å²) in [6.07, 6.45) is 1.60. The maximum absolute atomic E-state index is 13.0. The van der Waals surface area contributed by atoms with E-state index in [1.54, 1.807) is 34.0 Å². The van der Waals surface area contributed by atoms with E-state index >= 15 is 0 Å². The minimum atomic E-state index is -0.0995. The summed E-state index contributed by atoms with van der Waals surface area (Å²) < 4.78 is 6.97. The lowest BCUT2D eigenvalue weighted by Crippen LogP contribution is -2.41. The summed E-state index contributed by atoms with van der Waals surface area (Å²) in [6.45, 7) is 4.68. The number of carbonyl (C=O) groups excluding carboxylic acids is 1. The van der Waals surface area contributed by atoms with Crippen molar-refractivity contribution >= 4 is 57.8 Å². The van der Waals surface area contributed by atoms with Crippen molar-refractivity contribution in [2.45, 2.75) is 13.5 Å². The molecule has 0 unspecified atom stereocenters. The number of hydrogen-bond acceptors (Lipinski definition) is 4. The Kier molecular flexibility index (Phi) is 6.54. The van der Waals surface area contributed by atoms with Crippen LogP contribution in [0.25, 0.3) is 0 Å². The number of benzene rings is 1. The van der Waals surface area contributed by atoms with Crippen LogP contribution in [-0.2, 0) is 11.3 Å². The molecule has 0 radical (unpaired) electrons. The fraction of sp³-hybridized carbons (Fsp3) is 0.353. The average molecular weight is 428 g/mol. The Bertz CT molecular complexity index is 852. The Hall–Kier alpha value is -1.87. The summed E-state index contributed by atoms with van der Waals surface area (Å²) >= 11 is 17.3. The topological polar surface area (TPSA) is 71.4 Å². The van der Waals surface area contributed by atoms with Crippen LogP contribution in [0.15, 0.2) is 24.4 Å². The number of nitrogens with zero attached hydrogens (tertiary/aromatic N) is 3. The quantitative estimate of drug-likeness (QED) is 0.727. The molecule has 1 aromatic carbocycles. The Morgan fingerprint density at radius 1 is 1.26 bits per heavy atom. The monoisotopic (exact) mass is 427 g/mol. The molecule has 1 aromatic heterocycles. The lowest BCUT2D eigenvalue weighted by molar-refractivity contribution is 0.0295. The molecule has 7 nitrogen and oxygen atoms in total. The third-order valence-electron chi connectivity index (χ3n) is 4.07. The maximum Gasteiger partial charge on any atom is 0.274 e. The number of aryl methyl sites for hydroxylation is 1. The highest BCUT2D eigenvalue weighted by molar-refractivity contribution is 7.80. The second-order valence-corrected chi connectivity index (χ2v) is 7.06. The minimum absolute atomic E-state index is 0.0995. The molecule has 0 atom stereocenters. The van der Waals surface area contributed by atoms with E-state index in [-0.39, 0.29) is 5.91 Å². The molecule has 0 saturated carbocycles. The Morgan fingerprint density at radius 3 is 2.67 bits per heavy atom. The van der Waals surface area contributed by atoms with Crippen molar-refractivity contribution in [2.75, 3.05) is 36.9 Å². The average Bonchev–Trinajstić information content (AvgIpc) is 3.07. The number of nitrogens with one attached hydrogen (secondary N) is 2. The summed E-state index contributed by atoms with van der Waals surface area (Å²) in [4.78, 5) is 14.7. The standard InChI is InChI=1S/C17H19Cl2N5O2S/c1-2-24-15(16(25)23-5-7-26-8-6-23)14(10-20-24)22-17(27)21-11-3-4-12(18)13(19)9-11/h3-4,9-10H,2,5-8H2,1H3,(H2,21,22,27). The zero-order chi connectivity index (χ0) is 19.4. The van der Waals surface area contributed by atoms with E-state index in [9.17, 15) is 4.79 Å². The van der Waals surface area contributed by atoms with Gasteiger partial charge in [-0.3, -0.25) is 9.48 Å². The van der Waals surface area contributed by atoms with Gasteiger partial charge in [0.1, 0.15) is 5.69 Å². The molecule has 144 valence electrons. The first kappa shape index (κ1) is 19.9. The Balaban J connectivity index is 1.76. The molecule has 2 heterocycles. The minimum Gasteiger partial charge on any atom is -0.378 e. The van der Waals surface area contributed by atoms with Crippen LogP contribution in [-0.4, -0.2) is 52.0 Å². The zero-order valence-electron chi connectivity index (χ0n) is 14.7. The van der Waals surface area contributed by atoms with E-state index in [1.807, 2.05) is 6.92 Å². The van der Waals surface area contributed by atoms with Crippen LogP contribution in [0.1, 0.15) is 17.4 Å². The predicted molar refractivity (Wildman–Crippen MR) is 111 cm³/mol. The van der Waals surface area contributed by atoms with E-state index in [2.05, 4.69) is 15.7 Å². The number of hydrogen-bond donors (Lipinski definition) is 2. The van der Waals surface area contributed by atoms with Gasteiger partial charge in [-0.05, 0) is 37.3 Å². The third-order valence-corrected chi connectivity index (χ3v) is 5.01. The predicted octanol–water partition coefficient (Wildman–Crippen LogP) is 3.49. The smallest absolute Gasteiger partial charge is 0.274 e. The fourth-order valence-corrected chi connectivity index (χ4v) is 3.24. The van der Waals surface area contributed by atoms with Crippen LogP contribution < -0.4 is 10.6 Å². The number of anilines is 2. The second kappa shape index (κ2) is 8.88. The van der Waals surface area contributed by atoms with Crippen molar-refractivity contribution in [3.63, 3.8) is 0 Å². The summed E-state index contributed by atoms with van der Waals surface area (Å²) in [5.74, 6) is -0.0995. The lowest BCUT2D eigenvalue weighted by Gasteiger charge is -2.27. The molecule has 0 aliphatic carbocycles. The molecule has 1 amide bonds. The highest BCUT2D eigenvalue weighted by atomic mass is 35.5. The number of ether oxygens (including phenoxy) is 1. The van der Waals surface area contributed by atoms with Crippen LogP contribution >= 0.6 is 35.4 Å². The summed E-state index contributed by atoms with van der Waals surface area (Å²) in [7, 11) is 0. The second-order valence-electron chi connectivity index (χ2n) is 5.84. The highest BCUT2D eigenvalue weighted by Crippen LogP contribution is 2.25. The van der Waals surface area contributed by atoms with E-state index in [0.29, 0.717) is 65.1 Å². The molecule has 2 N–H and O–H groups in total. The molecular weight excluding hydrogens is 409 g/mol. The van der Waals surface area contributed by atoms with Crippen LogP contribution in [0.2, 0.25) is 10.0 Å². The molecule has 1 fully saturated rings. The van der Waals surface area contributed by atoms with Gasteiger partial charge in [-0.2, -0.15) is 5.10 Å². The highest BCUT2D eigenvalue weighted by Gasteiger charge is 2.25. The summed E-state index contributed by atoms with van der Waals surface area (Å²) in [6, 6.07) is 5.11. The van der Waals surface area contributed by atoms with Crippen molar-refractivity contribution in [2.24, 2.45) is 0 Å². The van der Waals surface area contributed by atoms with Gasteiger partial charge in [0.15, 0.2) is 5.11 Å². The van der Waals surface area contributed by atoms with Gasteiger partial charge in [-0.1, -0.05) is 23.2 Å². The van der Waals surface area contributed by atoms with Gasteiger partial charge in [-0.25, -0.2) is 0 Å². The van der Waals surface area contributed by atoms with Gasteiger partial charge in [0.05, 0.1) is 35.1 Å². The van der Waals surface area contributed by atoms with Gasteiger partial charge in [0, 0.05) is 25.3 Å². The Labute approximate surface area is 172 Å². The number of carbonyl (C=O) groups is 1. The molecule has 0 spiro atoms. The van der Waals surface area contributed by atoms with Crippen LogP contribution in [0.5, 0.6) is 0 Å². The van der Waals surface area contributed by atoms with Crippen LogP contribution in [0, 0.1) is 0 Å². The number of amides is 1. The molecule has 1 aliphatic heterocycles. The van der Waals surface area contributed by atoms with E-state index in [4.69, 9.17) is 40.2 Å². The van der Waals surface area contributed by atoms with Gasteiger partial charge in [0.25, 0.3) is 5.91 Å². The van der Waals surface area contributed by atoms with Crippen molar-refractivity contribution < 1.29 is 9.53 Å². The normalized spacial score (nSPS) is 14.1. The van der Waals surface area contributed by atoms with Crippen LogP contribution in [0.4, 0.5) is 11.4 Å². The largest absolute Gasteiger partial charge is 0.378 e. The molecule has 1 saturated heterocycles. The number of thiocarbonyl (C=S) groups is 1. The van der Waals surface area contributed by atoms with Gasteiger partial charge in [-0.15, -0.1) is 0 Å². The van der Waals surface area contributed by atoms with E-state index in [0.717, 1.165) is 0 Å². The molecule has 0 bridgehead atoms.